The van der Waals surface area contributed by atoms with Gasteiger partial charge >= 0.3 is 0 Å². The van der Waals surface area contributed by atoms with Crippen LogP contribution in [0.3, 0.4) is 0 Å². The van der Waals surface area contributed by atoms with Gasteiger partial charge in [-0.2, -0.15) is 4.72 Å². The summed E-state index contributed by atoms with van der Waals surface area (Å²) in [7, 11) is -3.54. The van der Waals surface area contributed by atoms with Gasteiger partial charge in [-0.3, -0.25) is 0 Å². The van der Waals surface area contributed by atoms with E-state index in [0.717, 1.165) is 24.2 Å². The summed E-state index contributed by atoms with van der Waals surface area (Å²) in [5.74, 6) is 2.42. The molecular formula is C13H16N2O2S. The Labute approximate surface area is 108 Å². The Hall–Kier alpha value is -1.51. The Morgan fingerprint density at radius 1 is 1.56 bits per heavy atom. The van der Waals surface area contributed by atoms with E-state index >= 15 is 0 Å². The third kappa shape index (κ3) is 2.50. The highest BCUT2D eigenvalue weighted by atomic mass is 32.2. The van der Waals surface area contributed by atoms with Crippen LogP contribution in [0.25, 0.3) is 0 Å². The van der Waals surface area contributed by atoms with E-state index in [1.165, 1.54) is 0 Å². The van der Waals surface area contributed by atoms with Gasteiger partial charge in [-0.15, -0.1) is 6.42 Å². The molecule has 2 rings (SSSR count). The first-order valence-corrected chi connectivity index (χ1v) is 7.40. The van der Waals surface area contributed by atoms with E-state index in [1.54, 1.807) is 12.1 Å². The summed E-state index contributed by atoms with van der Waals surface area (Å²) in [5.41, 5.74) is 2.05. The van der Waals surface area contributed by atoms with Crippen LogP contribution >= 0.6 is 0 Å². The second kappa shape index (κ2) is 5.01. The Morgan fingerprint density at radius 3 is 3.00 bits per heavy atom. The fourth-order valence-electron chi connectivity index (χ4n) is 1.93. The molecule has 0 saturated heterocycles. The topological polar surface area (TPSA) is 58.2 Å². The van der Waals surface area contributed by atoms with Crippen molar-refractivity contribution in [2.75, 3.05) is 11.9 Å². The van der Waals surface area contributed by atoms with E-state index in [4.69, 9.17) is 6.42 Å². The Kier molecular flexibility index (Phi) is 3.60. The number of nitrogens with one attached hydrogen (secondary N) is 2. The highest BCUT2D eigenvalue weighted by molar-refractivity contribution is 7.89. The zero-order valence-electron chi connectivity index (χ0n) is 10.2. The molecule has 0 aliphatic carbocycles. The van der Waals surface area contributed by atoms with Crippen LogP contribution in [0.2, 0.25) is 0 Å². The van der Waals surface area contributed by atoms with Crippen LogP contribution in [0.1, 0.15) is 18.9 Å². The third-order valence-corrected chi connectivity index (χ3v) is 4.48. The van der Waals surface area contributed by atoms with E-state index in [0.29, 0.717) is 6.42 Å². The normalized spacial score (nSPS) is 15.6. The number of sulfonamides is 1. The van der Waals surface area contributed by atoms with Gasteiger partial charge in [0, 0.05) is 12.2 Å². The molecule has 0 radical (unpaired) electrons. The highest BCUT2D eigenvalue weighted by Crippen LogP contribution is 2.25. The van der Waals surface area contributed by atoms with Gasteiger partial charge in [-0.25, -0.2) is 8.42 Å². The van der Waals surface area contributed by atoms with Crippen molar-refractivity contribution in [2.45, 2.75) is 30.7 Å². The molecule has 1 aromatic rings. The molecule has 1 heterocycles. The lowest BCUT2D eigenvalue weighted by Gasteiger charge is -2.12. The van der Waals surface area contributed by atoms with Crippen molar-refractivity contribution < 1.29 is 8.42 Å². The van der Waals surface area contributed by atoms with Gasteiger partial charge in [-0.05, 0) is 30.5 Å². The van der Waals surface area contributed by atoms with Crippen LogP contribution in [0, 0.1) is 12.3 Å². The smallest absolute Gasteiger partial charge is 0.241 e. The summed E-state index contributed by atoms with van der Waals surface area (Å²) < 4.78 is 26.8. The molecule has 0 fully saturated rings. The average molecular weight is 264 g/mol. The fraction of sp³-hybridized carbons (Fsp3) is 0.385. The Balaban J connectivity index is 2.28. The molecule has 0 aromatic heterocycles. The first-order valence-electron chi connectivity index (χ1n) is 5.92. The lowest BCUT2D eigenvalue weighted by Crippen LogP contribution is -2.33. The minimum atomic E-state index is -3.54. The van der Waals surface area contributed by atoms with Crippen molar-refractivity contribution in [1.29, 1.82) is 0 Å². The predicted octanol–water partition coefficient (Wildman–Crippen LogP) is 1.34. The predicted molar refractivity (Wildman–Crippen MR) is 71.9 cm³/mol. The summed E-state index contributed by atoms with van der Waals surface area (Å²) in [6, 6.07) is 4.67. The van der Waals surface area contributed by atoms with Crippen molar-refractivity contribution >= 4 is 15.7 Å². The molecule has 0 bridgehead atoms. The summed E-state index contributed by atoms with van der Waals surface area (Å²) in [5, 5.41) is 3.16. The first kappa shape index (κ1) is 12.9. The van der Waals surface area contributed by atoms with E-state index in [9.17, 15) is 8.42 Å². The Morgan fingerprint density at radius 2 is 2.33 bits per heavy atom. The van der Waals surface area contributed by atoms with E-state index in [-0.39, 0.29) is 4.90 Å². The van der Waals surface area contributed by atoms with Gasteiger partial charge in [0.1, 0.15) is 0 Å². The van der Waals surface area contributed by atoms with Crippen molar-refractivity contribution in [2.24, 2.45) is 0 Å². The third-order valence-electron chi connectivity index (χ3n) is 3.01. The van der Waals surface area contributed by atoms with Crippen LogP contribution in [-0.2, 0) is 16.4 Å². The first-order chi connectivity index (χ1) is 8.56. The van der Waals surface area contributed by atoms with E-state index in [2.05, 4.69) is 16.0 Å². The molecule has 0 saturated carbocycles. The molecule has 1 atom stereocenters. The van der Waals surface area contributed by atoms with Gasteiger partial charge in [0.05, 0.1) is 10.9 Å². The maximum atomic E-state index is 12.1. The van der Waals surface area contributed by atoms with Crippen molar-refractivity contribution in [1.82, 2.24) is 4.72 Å². The van der Waals surface area contributed by atoms with Crippen LogP contribution in [0.5, 0.6) is 0 Å². The van der Waals surface area contributed by atoms with Crippen LogP contribution in [-0.4, -0.2) is 21.0 Å². The van der Waals surface area contributed by atoms with Gasteiger partial charge in [0.25, 0.3) is 0 Å². The summed E-state index contributed by atoms with van der Waals surface area (Å²) >= 11 is 0. The van der Waals surface area contributed by atoms with Gasteiger partial charge < -0.3 is 5.32 Å². The van der Waals surface area contributed by atoms with E-state index < -0.39 is 16.1 Å². The molecule has 0 spiro atoms. The zero-order chi connectivity index (χ0) is 13.2. The molecule has 1 aromatic carbocycles. The molecule has 0 amide bonds. The van der Waals surface area contributed by atoms with Crippen LogP contribution in [0.15, 0.2) is 23.1 Å². The fourth-order valence-corrected chi connectivity index (χ4v) is 3.19. The molecule has 4 nitrogen and oxygen atoms in total. The Bertz CT molecular complexity index is 587. The number of anilines is 1. The average Bonchev–Trinajstić information content (AvgIpc) is 2.83. The number of hydrogen-bond acceptors (Lipinski definition) is 3. The number of rotatable bonds is 4. The van der Waals surface area contributed by atoms with Gasteiger partial charge in [0.15, 0.2) is 0 Å². The summed E-state index contributed by atoms with van der Waals surface area (Å²) in [6.45, 7) is 2.70. The molecule has 5 heteroatoms. The number of benzene rings is 1. The van der Waals surface area contributed by atoms with E-state index in [1.807, 2.05) is 13.0 Å². The largest absolute Gasteiger partial charge is 0.384 e. The molecule has 1 aliphatic heterocycles. The lowest BCUT2D eigenvalue weighted by molar-refractivity contribution is 0.570. The monoisotopic (exact) mass is 264 g/mol. The van der Waals surface area contributed by atoms with Crippen LogP contribution < -0.4 is 10.0 Å². The maximum Gasteiger partial charge on any atom is 0.241 e. The molecule has 1 aliphatic rings. The van der Waals surface area contributed by atoms with Crippen molar-refractivity contribution in [3.63, 3.8) is 0 Å². The second-order valence-corrected chi connectivity index (χ2v) is 5.96. The molecule has 18 heavy (non-hydrogen) atoms. The molecule has 2 N–H and O–H groups in total. The van der Waals surface area contributed by atoms with Crippen molar-refractivity contribution in [3.8, 4) is 12.3 Å². The van der Waals surface area contributed by atoms with Crippen molar-refractivity contribution in [3.05, 3.63) is 23.8 Å². The molecule has 1 unspecified atom stereocenters. The SMILES string of the molecule is C#CC(CC)NS(=O)(=O)c1ccc2c(c1)NCC2. The molecular weight excluding hydrogens is 248 g/mol. The molecule has 96 valence electrons. The second-order valence-electron chi connectivity index (χ2n) is 4.24. The van der Waals surface area contributed by atoms with Gasteiger partial charge in [-0.1, -0.05) is 18.9 Å². The minimum Gasteiger partial charge on any atom is -0.384 e. The minimum absolute atomic E-state index is 0.254. The van der Waals surface area contributed by atoms with Crippen LogP contribution in [0.4, 0.5) is 5.69 Å². The summed E-state index contributed by atoms with van der Waals surface area (Å²) in [4.78, 5) is 0.254. The highest BCUT2D eigenvalue weighted by Gasteiger charge is 2.20. The lowest BCUT2D eigenvalue weighted by atomic mass is 10.2. The quantitative estimate of drug-likeness (QED) is 0.807. The maximum absolute atomic E-state index is 12.1. The number of fused-ring (bicyclic) bond motifs is 1. The standard InChI is InChI=1S/C13H16N2O2S/c1-3-11(4-2)15-18(16,17)12-6-5-10-7-8-14-13(10)9-12/h1,5-6,9,11,14-15H,4,7-8H2,2H3. The summed E-state index contributed by atoms with van der Waals surface area (Å²) in [6.07, 6.45) is 6.77. The zero-order valence-corrected chi connectivity index (χ0v) is 11.0. The number of hydrogen-bond donors (Lipinski definition) is 2. The van der Waals surface area contributed by atoms with Gasteiger partial charge in [0.2, 0.25) is 10.0 Å². The number of terminal acetylenes is 1.